The molecule has 0 aliphatic carbocycles. The van der Waals surface area contributed by atoms with Crippen molar-refractivity contribution in [1.29, 1.82) is 0 Å². The Morgan fingerprint density at radius 1 is 1.14 bits per heavy atom. The van der Waals surface area contributed by atoms with E-state index in [-0.39, 0.29) is 17.5 Å². The second-order valence-electron chi connectivity index (χ2n) is 7.93. The predicted molar refractivity (Wildman–Crippen MR) is 112 cm³/mol. The van der Waals surface area contributed by atoms with Crippen molar-refractivity contribution in [3.8, 4) is 11.3 Å². The lowest BCUT2D eigenvalue weighted by Gasteiger charge is -2.32. The third-order valence-corrected chi connectivity index (χ3v) is 6.04. The number of piperidine rings is 1. The smallest absolute Gasteiger partial charge is 0.222 e. The molecule has 1 N–H and O–H groups in total. The van der Waals surface area contributed by atoms with Gasteiger partial charge in [0.2, 0.25) is 5.91 Å². The molecule has 2 heterocycles. The highest BCUT2D eigenvalue weighted by Gasteiger charge is 2.23. The summed E-state index contributed by atoms with van der Waals surface area (Å²) < 4.78 is 27.3. The highest BCUT2D eigenvalue weighted by molar-refractivity contribution is 5.91. The van der Waals surface area contributed by atoms with E-state index in [1.54, 1.807) is 18.2 Å². The summed E-state index contributed by atoms with van der Waals surface area (Å²) in [5, 5.41) is 0.780. The molecule has 3 aromatic rings. The highest BCUT2D eigenvalue weighted by Crippen LogP contribution is 2.32. The topological polar surface area (TPSA) is 36.1 Å². The van der Waals surface area contributed by atoms with Crippen molar-refractivity contribution in [2.24, 2.45) is 5.92 Å². The average Bonchev–Trinajstić information content (AvgIpc) is 3.10. The van der Waals surface area contributed by atoms with Crippen LogP contribution in [0.4, 0.5) is 8.78 Å². The monoisotopic (exact) mass is 396 g/mol. The standard InChI is InChI=1S/C24H26F2N2O/c1-2-16-4-3-13-28(15-16)23(29)12-10-20-21-14-19(26)9-11-22(21)27-24(20)17-5-7-18(25)8-6-17/h5-9,11,14,16,27H,2-4,10,12-13,15H2,1H3. The maximum atomic E-state index is 13.9. The van der Waals surface area contributed by atoms with Gasteiger partial charge in [-0.1, -0.05) is 13.3 Å². The number of carbonyl (C=O) groups is 1. The van der Waals surface area contributed by atoms with Gasteiger partial charge in [-0.15, -0.1) is 0 Å². The molecule has 0 spiro atoms. The van der Waals surface area contributed by atoms with Gasteiger partial charge in [0.15, 0.2) is 0 Å². The van der Waals surface area contributed by atoms with Crippen LogP contribution in [0.1, 0.15) is 38.2 Å². The summed E-state index contributed by atoms with van der Waals surface area (Å²) >= 11 is 0. The Morgan fingerprint density at radius 3 is 2.66 bits per heavy atom. The van der Waals surface area contributed by atoms with E-state index in [2.05, 4.69) is 11.9 Å². The molecule has 2 aromatic carbocycles. The predicted octanol–water partition coefficient (Wildman–Crippen LogP) is 5.69. The number of aromatic amines is 1. The van der Waals surface area contributed by atoms with E-state index >= 15 is 0 Å². The molecule has 1 aromatic heterocycles. The van der Waals surface area contributed by atoms with Gasteiger partial charge < -0.3 is 9.88 Å². The molecule has 0 saturated carbocycles. The first-order valence-corrected chi connectivity index (χ1v) is 10.4. The number of benzene rings is 2. The Bertz CT molecular complexity index is 1010. The summed E-state index contributed by atoms with van der Waals surface area (Å²) in [7, 11) is 0. The Morgan fingerprint density at radius 2 is 1.90 bits per heavy atom. The molecule has 1 atom stereocenters. The van der Waals surface area contributed by atoms with Crippen molar-refractivity contribution >= 4 is 16.8 Å². The van der Waals surface area contributed by atoms with Gasteiger partial charge in [-0.3, -0.25) is 4.79 Å². The number of hydrogen-bond donors (Lipinski definition) is 1. The fourth-order valence-corrected chi connectivity index (χ4v) is 4.36. The number of aromatic nitrogens is 1. The zero-order valence-electron chi connectivity index (χ0n) is 16.7. The number of aryl methyl sites for hydroxylation is 1. The highest BCUT2D eigenvalue weighted by atomic mass is 19.1. The van der Waals surface area contributed by atoms with Gasteiger partial charge in [0.1, 0.15) is 11.6 Å². The lowest BCUT2D eigenvalue weighted by atomic mass is 9.95. The second kappa shape index (κ2) is 8.36. The summed E-state index contributed by atoms with van der Waals surface area (Å²) in [5.41, 5.74) is 3.37. The number of halogens is 2. The molecule has 1 unspecified atom stereocenters. The molecule has 3 nitrogen and oxygen atoms in total. The SMILES string of the molecule is CCC1CCCN(C(=O)CCc2c(-c3ccc(F)cc3)[nH]c3ccc(F)cc23)C1. The van der Waals surface area contributed by atoms with E-state index in [0.29, 0.717) is 18.8 Å². The summed E-state index contributed by atoms with van der Waals surface area (Å²) in [6.45, 7) is 3.83. The first-order valence-electron chi connectivity index (χ1n) is 10.4. The Kier molecular flexibility index (Phi) is 5.65. The molecule has 4 rings (SSSR count). The number of amides is 1. The van der Waals surface area contributed by atoms with Crippen LogP contribution in [0.3, 0.4) is 0 Å². The van der Waals surface area contributed by atoms with E-state index in [9.17, 15) is 13.6 Å². The first-order chi connectivity index (χ1) is 14.0. The third-order valence-electron chi connectivity index (χ3n) is 6.04. The van der Waals surface area contributed by atoms with E-state index in [1.807, 2.05) is 4.90 Å². The molecule has 5 heteroatoms. The molecule has 0 bridgehead atoms. The zero-order valence-corrected chi connectivity index (χ0v) is 16.7. The molecule has 1 aliphatic rings. The number of nitrogens with zero attached hydrogens (tertiary/aromatic N) is 1. The van der Waals surface area contributed by atoms with Crippen molar-refractivity contribution < 1.29 is 13.6 Å². The number of rotatable bonds is 5. The van der Waals surface area contributed by atoms with Crippen LogP contribution >= 0.6 is 0 Å². The minimum absolute atomic E-state index is 0.152. The fraction of sp³-hybridized carbons (Fsp3) is 0.375. The number of H-pyrrole nitrogens is 1. The normalized spacial score (nSPS) is 17.1. The van der Waals surface area contributed by atoms with Crippen LogP contribution in [0.15, 0.2) is 42.5 Å². The fourth-order valence-electron chi connectivity index (χ4n) is 4.36. The van der Waals surface area contributed by atoms with Crippen molar-refractivity contribution in [3.63, 3.8) is 0 Å². The van der Waals surface area contributed by atoms with E-state index in [1.165, 1.54) is 30.7 Å². The molecular weight excluding hydrogens is 370 g/mol. The van der Waals surface area contributed by atoms with Crippen LogP contribution in [-0.2, 0) is 11.2 Å². The second-order valence-corrected chi connectivity index (χ2v) is 7.93. The molecule has 1 saturated heterocycles. The van der Waals surface area contributed by atoms with Gasteiger partial charge in [0.25, 0.3) is 0 Å². The summed E-state index contributed by atoms with van der Waals surface area (Å²) in [6.07, 6.45) is 4.25. The maximum absolute atomic E-state index is 13.9. The van der Waals surface area contributed by atoms with Crippen LogP contribution < -0.4 is 0 Å². The van der Waals surface area contributed by atoms with Crippen LogP contribution in [0.5, 0.6) is 0 Å². The third kappa shape index (κ3) is 4.19. The lowest BCUT2D eigenvalue weighted by Crippen LogP contribution is -2.39. The van der Waals surface area contributed by atoms with Crippen molar-refractivity contribution in [2.45, 2.75) is 39.0 Å². The summed E-state index contributed by atoms with van der Waals surface area (Å²) in [6, 6.07) is 10.9. The van der Waals surface area contributed by atoms with Gasteiger partial charge in [-0.05, 0) is 78.8 Å². The van der Waals surface area contributed by atoms with Gasteiger partial charge in [-0.25, -0.2) is 8.78 Å². The largest absolute Gasteiger partial charge is 0.354 e. The minimum Gasteiger partial charge on any atom is -0.354 e. The van der Waals surface area contributed by atoms with Crippen molar-refractivity contribution in [3.05, 3.63) is 59.7 Å². The van der Waals surface area contributed by atoms with Gasteiger partial charge >= 0.3 is 0 Å². The van der Waals surface area contributed by atoms with Crippen molar-refractivity contribution in [1.82, 2.24) is 9.88 Å². The molecule has 1 amide bonds. The Hall–Kier alpha value is -2.69. The quantitative estimate of drug-likeness (QED) is 0.590. The van der Waals surface area contributed by atoms with E-state index in [0.717, 1.165) is 53.7 Å². The lowest BCUT2D eigenvalue weighted by molar-refractivity contribution is -0.133. The summed E-state index contributed by atoms with van der Waals surface area (Å²) in [4.78, 5) is 18.2. The Labute approximate surface area is 169 Å². The first kappa shape index (κ1) is 19.6. The number of carbonyl (C=O) groups excluding carboxylic acids is 1. The van der Waals surface area contributed by atoms with Gasteiger partial charge in [0, 0.05) is 36.1 Å². The molecular formula is C24H26F2N2O. The van der Waals surface area contributed by atoms with Crippen LogP contribution in [0.2, 0.25) is 0 Å². The van der Waals surface area contributed by atoms with Crippen LogP contribution in [0.25, 0.3) is 22.2 Å². The Balaban J connectivity index is 1.61. The molecule has 1 aliphatic heterocycles. The molecule has 29 heavy (non-hydrogen) atoms. The average molecular weight is 396 g/mol. The number of nitrogens with one attached hydrogen (secondary N) is 1. The minimum atomic E-state index is -0.309. The van der Waals surface area contributed by atoms with E-state index < -0.39 is 0 Å². The number of fused-ring (bicyclic) bond motifs is 1. The number of hydrogen-bond acceptors (Lipinski definition) is 1. The molecule has 152 valence electrons. The number of likely N-dealkylation sites (tertiary alicyclic amines) is 1. The molecule has 1 fully saturated rings. The van der Waals surface area contributed by atoms with Crippen LogP contribution in [0, 0.1) is 17.6 Å². The van der Waals surface area contributed by atoms with Crippen molar-refractivity contribution in [2.75, 3.05) is 13.1 Å². The molecule has 0 radical (unpaired) electrons. The maximum Gasteiger partial charge on any atom is 0.222 e. The zero-order chi connectivity index (χ0) is 20.4. The van der Waals surface area contributed by atoms with Gasteiger partial charge in [-0.2, -0.15) is 0 Å². The summed E-state index contributed by atoms with van der Waals surface area (Å²) in [5.74, 6) is 0.128. The van der Waals surface area contributed by atoms with Crippen LogP contribution in [-0.4, -0.2) is 28.9 Å². The van der Waals surface area contributed by atoms with Gasteiger partial charge in [0.05, 0.1) is 0 Å². The van der Waals surface area contributed by atoms with E-state index in [4.69, 9.17) is 0 Å².